The van der Waals surface area contributed by atoms with Crippen LogP contribution < -0.4 is 30.1 Å². The average molecular weight is 477 g/mol. The quantitative estimate of drug-likeness (QED) is 0.356. The van der Waals surface area contributed by atoms with Crippen LogP contribution >= 0.6 is 23.8 Å². The van der Waals surface area contributed by atoms with Gasteiger partial charge in [-0.05, 0) is 29.9 Å². The van der Waals surface area contributed by atoms with Crippen molar-refractivity contribution in [3.8, 4) is 23.0 Å². The second-order valence-electron chi connectivity index (χ2n) is 6.94. The fourth-order valence-corrected chi connectivity index (χ4v) is 3.80. The van der Waals surface area contributed by atoms with Crippen LogP contribution in [0.5, 0.6) is 23.0 Å². The lowest BCUT2D eigenvalue weighted by Gasteiger charge is -2.19. The van der Waals surface area contributed by atoms with E-state index in [0.29, 0.717) is 46.4 Å². The standard InChI is InChI=1S/C21H21ClN4O5S/c1-27-17-14(7-13-8-16(26-31-13)11-3-5-12(22)6-4-11)15(9-24-25-21(23)32)18-20(19(17)28-2)30-10-29-18/h3-6,9,13H,7-8,10H2,1-2H3,(H3,23,25,32)/b24-9-/t13-/m0/s1. The molecule has 0 saturated heterocycles. The van der Waals surface area contributed by atoms with Crippen LogP contribution in [0.1, 0.15) is 23.1 Å². The predicted octanol–water partition coefficient (Wildman–Crippen LogP) is 2.99. The summed E-state index contributed by atoms with van der Waals surface area (Å²) in [6.45, 7) is 0.0472. The summed E-state index contributed by atoms with van der Waals surface area (Å²) in [5.41, 5.74) is 11.2. The molecule has 2 aliphatic heterocycles. The predicted molar refractivity (Wildman–Crippen MR) is 124 cm³/mol. The normalized spacial score (nSPS) is 16.6. The molecular weight excluding hydrogens is 456 g/mol. The molecule has 168 valence electrons. The van der Waals surface area contributed by atoms with Crippen molar-refractivity contribution in [2.45, 2.75) is 18.9 Å². The molecule has 9 nitrogen and oxygen atoms in total. The maximum Gasteiger partial charge on any atom is 0.231 e. The second-order valence-corrected chi connectivity index (χ2v) is 7.81. The summed E-state index contributed by atoms with van der Waals surface area (Å²) in [5.74, 6) is 1.86. The summed E-state index contributed by atoms with van der Waals surface area (Å²) in [4.78, 5) is 5.73. The lowest BCUT2D eigenvalue weighted by Crippen LogP contribution is -2.24. The number of hydrogen-bond acceptors (Lipinski definition) is 8. The van der Waals surface area contributed by atoms with Crippen LogP contribution in [0.15, 0.2) is 34.5 Å². The molecule has 0 unspecified atom stereocenters. The van der Waals surface area contributed by atoms with E-state index < -0.39 is 0 Å². The lowest BCUT2D eigenvalue weighted by atomic mass is 9.95. The van der Waals surface area contributed by atoms with Gasteiger partial charge in [-0.1, -0.05) is 28.9 Å². The number of nitrogens with one attached hydrogen (secondary N) is 1. The summed E-state index contributed by atoms with van der Waals surface area (Å²) < 4.78 is 22.6. The first-order chi connectivity index (χ1) is 15.5. The molecule has 3 N–H and O–H groups in total. The lowest BCUT2D eigenvalue weighted by molar-refractivity contribution is 0.0853. The molecule has 0 radical (unpaired) electrons. The molecule has 1 atom stereocenters. The Labute approximate surface area is 195 Å². The van der Waals surface area contributed by atoms with Gasteiger partial charge >= 0.3 is 0 Å². The molecule has 0 aromatic heterocycles. The third-order valence-electron chi connectivity index (χ3n) is 4.99. The van der Waals surface area contributed by atoms with Crippen LogP contribution in [0.2, 0.25) is 5.02 Å². The third-order valence-corrected chi connectivity index (χ3v) is 5.33. The number of oxime groups is 1. The Kier molecular flexibility index (Phi) is 6.52. The smallest absolute Gasteiger partial charge is 0.231 e. The van der Waals surface area contributed by atoms with Crippen molar-refractivity contribution in [2.75, 3.05) is 21.0 Å². The highest BCUT2D eigenvalue weighted by molar-refractivity contribution is 7.80. The number of hydrazone groups is 1. The Morgan fingerprint density at radius 1 is 1.25 bits per heavy atom. The Hall–Kier alpha value is -3.24. The van der Waals surface area contributed by atoms with Crippen molar-refractivity contribution in [1.82, 2.24) is 5.43 Å². The number of nitrogens with two attached hydrogens (primary N) is 1. The maximum atomic E-state index is 5.99. The van der Waals surface area contributed by atoms with Crippen molar-refractivity contribution in [3.05, 3.63) is 46.0 Å². The molecule has 0 fully saturated rings. The summed E-state index contributed by atoms with van der Waals surface area (Å²) in [7, 11) is 3.10. The van der Waals surface area contributed by atoms with Gasteiger partial charge in [-0.15, -0.1) is 0 Å². The van der Waals surface area contributed by atoms with Crippen LogP contribution in [0.4, 0.5) is 0 Å². The number of hydrogen-bond donors (Lipinski definition) is 2. The van der Waals surface area contributed by atoms with Gasteiger partial charge in [0.2, 0.25) is 18.3 Å². The molecule has 32 heavy (non-hydrogen) atoms. The van der Waals surface area contributed by atoms with Crippen molar-refractivity contribution in [2.24, 2.45) is 16.0 Å². The summed E-state index contributed by atoms with van der Waals surface area (Å²) in [5, 5.41) is 9.07. The first-order valence-electron chi connectivity index (χ1n) is 9.65. The van der Waals surface area contributed by atoms with Crippen LogP contribution in [-0.2, 0) is 11.3 Å². The first-order valence-corrected chi connectivity index (χ1v) is 10.4. The number of halogens is 1. The minimum Gasteiger partial charge on any atom is -0.492 e. The minimum absolute atomic E-state index is 0.0391. The highest BCUT2D eigenvalue weighted by Crippen LogP contribution is 2.52. The minimum atomic E-state index is -0.240. The van der Waals surface area contributed by atoms with E-state index in [-0.39, 0.29) is 18.0 Å². The molecule has 2 aromatic carbocycles. The molecule has 0 bridgehead atoms. The van der Waals surface area contributed by atoms with Crippen molar-refractivity contribution in [1.29, 1.82) is 0 Å². The zero-order valence-electron chi connectivity index (χ0n) is 17.4. The Morgan fingerprint density at radius 3 is 2.66 bits per heavy atom. The largest absolute Gasteiger partial charge is 0.492 e. The zero-order valence-corrected chi connectivity index (χ0v) is 19.0. The highest BCUT2D eigenvalue weighted by atomic mass is 35.5. The molecule has 11 heteroatoms. The Balaban J connectivity index is 1.67. The number of benzene rings is 2. The monoisotopic (exact) mass is 476 g/mol. The summed E-state index contributed by atoms with van der Waals surface area (Å²) in [6.07, 6.45) is 2.37. The fraction of sp³-hybridized carbons (Fsp3) is 0.286. The number of rotatable bonds is 7. The van der Waals surface area contributed by atoms with E-state index >= 15 is 0 Å². The molecule has 4 rings (SSSR count). The number of thiocarbonyl (C=S) groups is 1. The van der Waals surface area contributed by atoms with Gasteiger partial charge in [-0.2, -0.15) is 5.10 Å². The summed E-state index contributed by atoms with van der Waals surface area (Å²) in [6, 6.07) is 7.47. The number of methoxy groups -OCH3 is 2. The van der Waals surface area contributed by atoms with E-state index in [4.69, 9.17) is 53.3 Å². The molecule has 2 aliphatic rings. The number of fused-ring (bicyclic) bond motifs is 1. The maximum absolute atomic E-state index is 5.99. The SMILES string of the molecule is COc1c(C[C@H]2CC(c3ccc(Cl)cc3)=NO2)c(/C=N\NC(N)=S)c2c(c1OC)OCO2. The van der Waals surface area contributed by atoms with Gasteiger partial charge in [0.25, 0.3) is 0 Å². The van der Waals surface area contributed by atoms with E-state index in [1.54, 1.807) is 20.4 Å². The molecule has 0 amide bonds. The molecule has 0 aliphatic carbocycles. The van der Waals surface area contributed by atoms with Crippen molar-refractivity contribution < 1.29 is 23.8 Å². The van der Waals surface area contributed by atoms with Gasteiger partial charge in [0.15, 0.2) is 16.6 Å². The third kappa shape index (κ3) is 4.37. The van der Waals surface area contributed by atoms with Gasteiger partial charge in [-0.3, -0.25) is 5.43 Å². The van der Waals surface area contributed by atoms with Crippen molar-refractivity contribution >= 4 is 40.9 Å². The van der Waals surface area contributed by atoms with E-state index in [9.17, 15) is 0 Å². The molecule has 0 saturated carbocycles. The highest BCUT2D eigenvalue weighted by Gasteiger charge is 2.33. The van der Waals surface area contributed by atoms with E-state index in [1.807, 2.05) is 24.3 Å². The average Bonchev–Trinajstić information content (AvgIpc) is 3.44. The van der Waals surface area contributed by atoms with Gasteiger partial charge < -0.3 is 29.5 Å². The molecule has 2 heterocycles. The van der Waals surface area contributed by atoms with E-state index in [2.05, 4.69) is 15.7 Å². The van der Waals surface area contributed by atoms with Gasteiger partial charge in [0.1, 0.15) is 6.10 Å². The van der Waals surface area contributed by atoms with Gasteiger partial charge in [0, 0.05) is 29.0 Å². The Morgan fingerprint density at radius 2 is 1.97 bits per heavy atom. The number of ether oxygens (including phenoxy) is 4. The van der Waals surface area contributed by atoms with Crippen LogP contribution in [-0.4, -0.2) is 44.2 Å². The topological polar surface area (TPSA) is 109 Å². The van der Waals surface area contributed by atoms with Gasteiger partial charge in [0.05, 0.1) is 26.1 Å². The second kappa shape index (κ2) is 9.49. The zero-order chi connectivity index (χ0) is 22.7. The van der Waals surface area contributed by atoms with E-state index in [0.717, 1.165) is 16.8 Å². The van der Waals surface area contributed by atoms with E-state index in [1.165, 1.54) is 0 Å². The summed E-state index contributed by atoms with van der Waals surface area (Å²) >= 11 is 10.8. The van der Waals surface area contributed by atoms with Crippen LogP contribution in [0, 0.1) is 0 Å². The van der Waals surface area contributed by atoms with Crippen LogP contribution in [0.3, 0.4) is 0 Å². The number of nitrogens with zero attached hydrogens (tertiary/aromatic N) is 2. The van der Waals surface area contributed by atoms with Crippen molar-refractivity contribution in [3.63, 3.8) is 0 Å². The molecule has 0 spiro atoms. The Bertz CT molecular complexity index is 1090. The molecular formula is C21H21ClN4O5S. The first kappa shape index (κ1) is 22.0. The van der Waals surface area contributed by atoms with Gasteiger partial charge in [-0.25, -0.2) is 0 Å². The molecule has 2 aromatic rings. The van der Waals surface area contributed by atoms with Crippen LogP contribution in [0.25, 0.3) is 0 Å². The fourth-order valence-electron chi connectivity index (χ4n) is 3.63.